The number of nitrogens with zero attached hydrogens (tertiary/aromatic N) is 3. The summed E-state index contributed by atoms with van der Waals surface area (Å²) >= 11 is 0. The number of methoxy groups -OCH3 is 1. The van der Waals surface area contributed by atoms with Crippen LogP contribution < -0.4 is 15.4 Å². The lowest BCUT2D eigenvalue weighted by Crippen LogP contribution is -2.42. The fraction of sp³-hybridized carbons (Fsp3) is 0.533. The molecule has 0 aromatic heterocycles. The number of amides is 1. The maximum atomic E-state index is 13.3. The molecule has 200 valence electrons. The van der Waals surface area contributed by atoms with Crippen molar-refractivity contribution in [3.05, 3.63) is 60.6 Å². The topological polar surface area (TPSA) is 69.2 Å². The number of carbonyl (C=O) groups is 1. The first-order valence-electron chi connectivity index (χ1n) is 13.7. The molecule has 0 radical (unpaired) electrons. The Labute approximate surface area is 222 Å². The molecule has 7 nitrogen and oxygen atoms in total. The van der Waals surface area contributed by atoms with Crippen LogP contribution in [0.15, 0.2) is 60.0 Å². The van der Waals surface area contributed by atoms with Crippen LogP contribution in [0.3, 0.4) is 0 Å². The highest BCUT2D eigenvalue weighted by Crippen LogP contribution is 2.34. The van der Waals surface area contributed by atoms with E-state index < -0.39 is 0 Å². The largest absolute Gasteiger partial charge is 0.495 e. The van der Waals surface area contributed by atoms with Crippen LogP contribution in [0.4, 0.5) is 5.69 Å². The molecule has 4 rings (SSSR count). The second kappa shape index (κ2) is 12.5. The summed E-state index contributed by atoms with van der Waals surface area (Å²) in [6.07, 6.45) is 11.5. The molecule has 2 atom stereocenters. The van der Waals surface area contributed by atoms with Gasteiger partial charge in [0.1, 0.15) is 11.6 Å². The van der Waals surface area contributed by atoms with Crippen molar-refractivity contribution in [1.29, 1.82) is 0 Å². The molecule has 3 fully saturated rings. The number of anilines is 1. The van der Waals surface area contributed by atoms with Gasteiger partial charge in [-0.3, -0.25) is 4.79 Å². The molecule has 2 heterocycles. The molecule has 1 aromatic carbocycles. The van der Waals surface area contributed by atoms with E-state index in [0.29, 0.717) is 30.7 Å². The fourth-order valence-corrected chi connectivity index (χ4v) is 5.96. The van der Waals surface area contributed by atoms with Crippen molar-refractivity contribution in [2.24, 2.45) is 10.9 Å². The van der Waals surface area contributed by atoms with E-state index in [1.165, 1.54) is 31.2 Å². The van der Waals surface area contributed by atoms with Gasteiger partial charge >= 0.3 is 0 Å². The highest BCUT2D eigenvalue weighted by Gasteiger charge is 2.37. The molecule has 0 spiro atoms. The van der Waals surface area contributed by atoms with Crippen LogP contribution in [0.1, 0.15) is 63.4 Å². The van der Waals surface area contributed by atoms with Crippen molar-refractivity contribution in [1.82, 2.24) is 15.1 Å². The molecule has 1 aliphatic carbocycles. The lowest BCUT2D eigenvalue weighted by molar-refractivity contribution is -0.131. The van der Waals surface area contributed by atoms with Crippen molar-refractivity contribution in [3.63, 3.8) is 0 Å². The van der Waals surface area contributed by atoms with E-state index in [2.05, 4.69) is 46.9 Å². The molecule has 2 aliphatic heterocycles. The predicted molar refractivity (Wildman–Crippen MR) is 152 cm³/mol. The van der Waals surface area contributed by atoms with Gasteiger partial charge in [-0.25, -0.2) is 4.99 Å². The number of amidine groups is 1. The smallest absolute Gasteiger partial charge is 0.232 e. The number of benzene rings is 1. The maximum Gasteiger partial charge on any atom is 0.232 e. The molecule has 1 amide bonds. The summed E-state index contributed by atoms with van der Waals surface area (Å²) in [5.74, 6) is 2.56. The molecule has 1 saturated carbocycles. The van der Waals surface area contributed by atoms with E-state index in [0.717, 1.165) is 48.9 Å². The van der Waals surface area contributed by atoms with Gasteiger partial charge in [0.05, 0.1) is 24.4 Å². The third-order valence-electron chi connectivity index (χ3n) is 7.96. The van der Waals surface area contributed by atoms with Crippen molar-refractivity contribution >= 4 is 17.4 Å². The minimum absolute atomic E-state index is 0.106. The Morgan fingerprint density at radius 3 is 2.70 bits per heavy atom. The molecule has 7 heteroatoms. The van der Waals surface area contributed by atoms with Crippen molar-refractivity contribution in [2.75, 3.05) is 39.1 Å². The van der Waals surface area contributed by atoms with Gasteiger partial charge in [0.25, 0.3) is 0 Å². The Morgan fingerprint density at radius 2 is 2.05 bits per heavy atom. The number of allylic oxidation sites excluding steroid dienone is 2. The normalized spacial score (nSPS) is 25.4. The van der Waals surface area contributed by atoms with E-state index in [1.54, 1.807) is 12.0 Å². The lowest BCUT2D eigenvalue weighted by atomic mass is 9.91. The molecule has 3 aliphatic rings. The van der Waals surface area contributed by atoms with Crippen LogP contribution >= 0.6 is 0 Å². The number of hydrogen-bond acceptors (Lipinski definition) is 5. The number of nitrogens with one attached hydrogen (secondary N) is 2. The standard InChI is InChI=1S/C30H43N5O2/c1-6-11-24-20-35(25-13-8-9-14-25)29(27(7-2)34(4)30(24)36)33-21(3)32-26-16-15-22(18-28(26)37-5)23-12-10-17-31-19-23/h6-7,15-16,18,23-25,31-32H,1,3,8-14,17,19-20H2,2,4-5H3/b27-7+,33-29+. The van der Waals surface area contributed by atoms with Crippen molar-refractivity contribution < 1.29 is 9.53 Å². The molecular formula is C30H43N5O2. The van der Waals surface area contributed by atoms with Gasteiger partial charge in [-0.05, 0) is 69.2 Å². The van der Waals surface area contributed by atoms with Gasteiger partial charge in [-0.15, -0.1) is 6.58 Å². The summed E-state index contributed by atoms with van der Waals surface area (Å²) in [5.41, 5.74) is 2.94. The fourth-order valence-electron chi connectivity index (χ4n) is 5.96. The summed E-state index contributed by atoms with van der Waals surface area (Å²) in [6, 6.07) is 6.72. The summed E-state index contributed by atoms with van der Waals surface area (Å²) in [5, 5.41) is 6.87. The first-order chi connectivity index (χ1) is 18.0. The molecule has 0 bridgehead atoms. The molecule has 37 heavy (non-hydrogen) atoms. The zero-order chi connectivity index (χ0) is 26.4. The summed E-state index contributed by atoms with van der Waals surface area (Å²) in [4.78, 5) is 22.5. The quantitative estimate of drug-likeness (QED) is 0.472. The molecule has 2 saturated heterocycles. The Hall–Kier alpha value is -3.06. The molecule has 2 N–H and O–H groups in total. The lowest BCUT2D eigenvalue weighted by Gasteiger charge is -2.32. The van der Waals surface area contributed by atoms with Crippen molar-refractivity contribution in [3.8, 4) is 5.75 Å². The van der Waals surface area contributed by atoms with E-state index in [4.69, 9.17) is 9.73 Å². The molecule has 2 unspecified atom stereocenters. The first kappa shape index (κ1) is 27.0. The highest BCUT2D eigenvalue weighted by atomic mass is 16.5. The average molecular weight is 506 g/mol. The highest BCUT2D eigenvalue weighted by molar-refractivity contribution is 6.04. The van der Waals surface area contributed by atoms with Crippen LogP contribution in [-0.2, 0) is 4.79 Å². The maximum absolute atomic E-state index is 13.3. The predicted octanol–water partition coefficient (Wildman–Crippen LogP) is 5.26. The summed E-state index contributed by atoms with van der Waals surface area (Å²) in [7, 11) is 3.54. The third-order valence-corrected chi connectivity index (χ3v) is 7.96. The molecule has 1 aromatic rings. The van der Waals surface area contributed by atoms with E-state index >= 15 is 0 Å². The zero-order valence-electron chi connectivity index (χ0n) is 22.8. The Kier molecular flexibility index (Phi) is 9.09. The van der Waals surface area contributed by atoms with Crippen LogP contribution in [0.25, 0.3) is 0 Å². The Bertz CT molecular complexity index is 1050. The average Bonchev–Trinajstić information content (AvgIpc) is 3.43. The summed E-state index contributed by atoms with van der Waals surface area (Å²) < 4.78 is 5.75. The Morgan fingerprint density at radius 1 is 1.27 bits per heavy atom. The monoisotopic (exact) mass is 505 g/mol. The molecular weight excluding hydrogens is 462 g/mol. The van der Waals surface area contributed by atoms with Gasteiger partial charge in [-0.2, -0.15) is 0 Å². The SMILES string of the molecule is C=CCC1CN(C2CCCC2)C(=N/C(=C)Nc2ccc(C3CCCNC3)cc2OC)/C(=C\C)N(C)C1=O. The second-order valence-electron chi connectivity index (χ2n) is 10.4. The minimum Gasteiger partial charge on any atom is -0.495 e. The number of aliphatic imine (C=N–C) groups is 1. The van der Waals surface area contributed by atoms with Crippen LogP contribution in [0.2, 0.25) is 0 Å². The second-order valence-corrected chi connectivity index (χ2v) is 10.4. The number of ether oxygens (including phenoxy) is 1. The van der Waals surface area contributed by atoms with E-state index in [9.17, 15) is 4.79 Å². The summed E-state index contributed by atoms with van der Waals surface area (Å²) in [6.45, 7) is 12.8. The number of hydrogen-bond donors (Lipinski definition) is 2. The first-order valence-corrected chi connectivity index (χ1v) is 13.7. The number of likely N-dealkylation sites (N-methyl/N-ethyl adjacent to an activating group) is 1. The van der Waals surface area contributed by atoms with Crippen LogP contribution in [0.5, 0.6) is 5.75 Å². The minimum atomic E-state index is -0.145. The Balaban J connectivity index is 1.63. The number of carbonyl (C=O) groups excluding carboxylic acids is 1. The van der Waals surface area contributed by atoms with E-state index in [1.807, 2.05) is 26.1 Å². The van der Waals surface area contributed by atoms with Gasteiger partial charge < -0.3 is 25.2 Å². The van der Waals surface area contributed by atoms with Crippen molar-refractivity contribution in [2.45, 2.75) is 63.8 Å². The van der Waals surface area contributed by atoms with Gasteiger partial charge in [0, 0.05) is 26.2 Å². The van der Waals surface area contributed by atoms with Crippen LogP contribution in [-0.4, -0.2) is 61.4 Å². The van der Waals surface area contributed by atoms with E-state index in [-0.39, 0.29) is 11.8 Å². The number of piperidine rings is 1. The van der Waals surface area contributed by atoms with Gasteiger partial charge in [0.2, 0.25) is 5.91 Å². The number of rotatable bonds is 8. The van der Waals surface area contributed by atoms with Gasteiger partial charge in [0.15, 0.2) is 5.84 Å². The zero-order valence-corrected chi connectivity index (χ0v) is 22.8. The van der Waals surface area contributed by atoms with Crippen LogP contribution in [0, 0.1) is 5.92 Å². The van der Waals surface area contributed by atoms with Gasteiger partial charge in [-0.1, -0.05) is 37.6 Å². The third kappa shape index (κ3) is 6.09.